The molecule has 0 radical (unpaired) electrons. The van der Waals surface area contributed by atoms with Crippen molar-refractivity contribution >= 4 is 0 Å². The summed E-state index contributed by atoms with van der Waals surface area (Å²) < 4.78 is 5.52. The molecular formula is C16H27NO2. The van der Waals surface area contributed by atoms with Gasteiger partial charge >= 0.3 is 0 Å². The smallest absolute Gasteiger partial charge is 0.120 e. The molecule has 1 unspecified atom stereocenters. The van der Waals surface area contributed by atoms with Crippen LogP contribution in [0.5, 0.6) is 5.75 Å². The quantitative estimate of drug-likeness (QED) is 0.671. The van der Waals surface area contributed by atoms with E-state index in [4.69, 9.17) is 4.74 Å². The Balaban J connectivity index is 2.23. The van der Waals surface area contributed by atoms with Crippen LogP contribution in [0, 0.1) is 6.92 Å². The summed E-state index contributed by atoms with van der Waals surface area (Å²) in [6.07, 6.45) is 3.32. The molecule has 0 aliphatic heterocycles. The number of rotatable bonds is 9. The molecule has 0 saturated heterocycles. The lowest BCUT2D eigenvalue weighted by atomic mass is 10.0. The molecule has 0 aliphatic carbocycles. The Kier molecular flexibility index (Phi) is 7.53. The molecule has 0 aromatic heterocycles. The van der Waals surface area contributed by atoms with Crippen molar-refractivity contribution < 1.29 is 9.84 Å². The van der Waals surface area contributed by atoms with Crippen molar-refractivity contribution in [3.05, 3.63) is 29.3 Å². The Hall–Kier alpha value is -1.06. The number of aryl methyl sites for hydroxylation is 1. The van der Waals surface area contributed by atoms with Gasteiger partial charge in [-0.25, -0.2) is 0 Å². The van der Waals surface area contributed by atoms with Gasteiger partial charge in [-0.2, -0.15) is 0 Å². The predicted octanol–water partition coefficient (Wildman–Crippen LogP) is 3.56. The van der Waals surface area contributed by atoms with Gasteiger partial charge < -0.3 is 15.2 Å². The molecule has 108 valence electrons. The minimum Gasteiger partial charge on any atom is -0.508 e. The van der Waals surface area contributed by atoms with Crippen LogP contribution >= 0.6 is 0 Å². The molecule has 3 heteroatoms. The van der Waals surface area contributed by atoms with Crippen LogP contribution in [0.15, 0.2) is 18.2 Å². The van der Waals surface area contributed by atoms with Crippen molar-refractivity contribution in [3.63, 3.8) is 0 Å². The van der Waals surface area contributed by atoms with Crippen molar-refractivity contribution in [1.29, 1.82) is 0 Å². The van der Waals surface area contributed by atoms with E-state index in [9.17, 15) is 5.11 Å². The summed E-state index contributed by atoms with van der Waals surface area (Å²) in [7, 11) is 0. The molecule has 0 bridgehead atoms. The lowest BCUT2D eigenvalue weighted by Gasteiger charge is -2.16. The van der Waals surface area contributed by atoms with E-state index in [1.165, 1.54) is 12.0 Å². The molecule has 3 nitrogen and oxygen atoms in total. The third-order valence-electron chi connectivity index (χ3n) is 3.21. The van der Waals surface area contributed by atoms with Gasteiger partial charge in [0, 0.05) is 24.8 Å². The van der Waals surface area contributed by atoms with Gasteiger partial charge in [-0.1, -0.05) is 31.0 Å². The summed E-state index contributed by atoms with van der Waals surface area (Å²) >= 11 is 0. The van der Waals surface area contributed by atoms with Crippen LogP contribution in [0.1, 0.15) is 50.3 Å². The van der Waals surface area contributed by atoms with Crippen molar-refractivity contribution in [3.8, 4) is 5.75 Å². The van der Waals surface area contributed by atoms with E-state index in [1.807, 2.05) is 19.1 Å². The number of hydrogen-bond donors (Lipinski definition) is 2. The summed E-state index contributed by atoms with van der Waals surface area (Å²) in [5.74, 6) is 0.366. The Morgan fingerprint density at radius 2 is 2.00 bits per heavy atom. The van der Waals surface area contributed by atoms with Gasteiger partial charge in [-0.3, -0.25) is 0 Å². The zero-order valence-electron chi connectivity index (χ0n) is 12.4. The summed E-state index contributed by atoms with van der Waals surface area (Å²) in [6, 6.07) is 5.88. The number of phenolic OH excluding ortho intramolecular Hbond substituents is 1. The molecule has 19 heavy (non-hydrogen) atoms. The van der Waals surface area contributed by atoms with Crippen LogP contribution in [0.2, 0.25) is 0 Å². The maximum absolute atomic E-state index is 9.84. The number of ether oxygens (including phenoxy) is 1. The summed E-state index contributed by atoms with van der Waals surface area (Å²) in [4.78, 5) is 0. The predicted molar refractivity (Wildman–Crippen MR) is 79.6 cm³/mol. The molecular weight excluding hydrogens is 238 g/mol. The average molecular weight is 265 g/mol. The minimum atomic E-state index is 0.163. The Morgan fingerprint density at radius 1 is 1.26 bits per heavy atom. The zero-order valence-corrected chi connectivity index (χ0v) is 12.4. The topological polar surface area (TPSA) is 41.5 Å². The number of phenols is 1. The highest BCUT2D eigenvalue weighted by Gasteiger charge is 2.09. The third-order valence-corrected chi connectivity index (χ3v) is 3.21. The zero-order chi connectivity index (χ0) is 14.1. The first kappa shape index (κ1) is 16.0. The van der Waals surface area contributed by atoms with Gasteiger partial charge in [0.25, 0.3) is 0 Å². The fourth-order valence-corrected chi connectivity index (χ4v) is 1.97. The van der Waals surface area contributed by atoms with Crippen molar-refractivity contribution in [2.75, 3.05) is 19.8 Å². The third kappa shape index (κ3) is 6.08. The van der Waals surface area contributed by atoms with Gasteiger partial charge in [-0.15, -0.1) is 0 Å². The van der Waals surface area contributed by atoms with Gasteiger partial charge in [0.15, 0.2) is 0 Å². The SMILES string of the molecule is CCCCOCCCNC(C)c1cc(C)ccc1O. The lowest BCUT2D eigenvalue weighted by Crippen LogP contribution is -2.21. The summed E-state index contributed by atoms with van der Waals surface area (Å²) in [5.41, 5.74) is 2.14. The minimum absolute atomic E-state index is 0.163. The first-order valence-electron chi connectivity index (χ1n) is 7.25. The van der Waals surface area contributed by atoms with E-state index in [0.717, 1.165) is 38.2 Å². The van der Waals surface area contributed by atoms with E-state index in [2.05, 4.69) is 19.2 Å². The molecule has 0 heterocycles. The molecule has 1 rings (SSSR count). The monoisotopic (exact) mass is 265 g/mol. The maximum Gasteiger partial charge on any atom is 0.120 e. The second-order valence-electron chi connectivity index (χ2n) is 5.06. The Labute approximate surface area is 117 Å². The van der Waals surface area contributed by atoms with E-state index < -0.39 is 0 Å². The molecule has 1 atom stereocenters. The summed E-state index contributed by atoms with van der Waals surface area (Å²) in [5, 5.41) is 13.3. The van der Waals surface area contributed by atoms with Gasteiger partial charge in [0.1, 0.15) is 5.75 Å². The molecule has 1 aromatic rings. The molecule has 1 aromatic carbocycles. The molecule has 2 N–H and O–H groups in total. The van der Waals surface area contributed by atoms with E-state index in [1.54, 1.807) is 6.07 Å². The van der Waals surface area contributed by atoms with Crippen molar-refractivity contribution in [2.45, 2.75) is 46.1 Å². The number of unbranched alkanes of at least 4 members (excludes halogenated alkanes) is 1. The van der Waals surface area contributed by atoms with E-state index in [-0.39, 0.29) is 6.04 Å². The lowest BCUT2D eigenvalue weighted by molar-refractivity contribution is 0.128. The number of aromatic hydroxyl groups is 1. The van der Waals surface area contributed by atoms with Crippen LogP contribution in [-0.4, -0.2) is 24.9 Å². The highest BCUT2D eigenvalue weighted by atomic mass is 16.5. The number of benzene rings is 1. The normalized spacial score (nSPS) is 12.6. The van der Waals surface area contributed by atoms with Gasteiger partial charge in [0.05, 0.1) is 0 Å². The molecule has 0 aliphatic rings. The number of hydrogen-bond acceptors (Lipinski definition) is 3. The highest BCUT2D eigenvalue weighted by molar-refractivity contribution is 5.37. The Morgan fingerprint density at radius 3 is 2.74 bits per heavy atom. The van der Waals surface area contributed by atoms with Crippen LogP contribution in [-0.2, 0) is 4.74 Å². The first-order valence-corrected chi connectivity index (χ1v) is 7.25. The van der Waals surface area contributed by atoms with Gasteiger partial charge in [0.2, 0.25) is 0 Å². The standard InChI is InChI=1S/C16H27NO2/c1-4-5-10-19-11-6-9-17-14(3)15-12-13(2)7-8-16(15)18/h7-8,12,14,17-18H,4-6,9-11H2,1-3H3. The molecule has 0 amide bonds. The van der Waals surface area contributed by atoms with Crippen LogP contribution < -0.4 is 5.32 Å². The molecule has 0 spiro atoms. The van der Waals surface area contributed by atoms with Crippen molar-refractivity contribution in [1.82, 2.24) is 5.32 Å². The first-order chi connectivity index (χ1) is 9.15. The van der Waals surface area contributed by atoms with E-state index in [0.29, 0.717) is 5.75 Å². The largest absolute Gasteiger partial charge is 0.508 e. The number of nitrogens with one attached hydrogen (secondary N) is 1. The fraction of sp³-hybridized carbons (Fsp3) is 0.625. The second kappa shape index (κ2) is 8.94. The fourth-order valence-electron chi connectivity index (χ4n) is 1.97. The maximum atomic E-state index is 9.84. The summed E-state index contributed by atoms with van der Waals surface area (Å²) in [6.45, 7) is 8.86. The van der Waals surface area contributed by atoms with E-state index >= 15 is 0 Å². The van der Waals surface area contributed by atoms with Crippen molar-refractivity contribution in [2.24, 2.45) is 0 Å². The molecule has 0 saturated carbocycles. The van der Waals surface area contributed by atoms with Crippen LogP contribution in [0.3, 0.4) is 0 Å². The van der Waals surface area contributed by atoms with Crippen LogP contribution in [0.25, 0.3) is 0 Å². The molecule has 0 fully saturated rings. The second-order valence-corrected chi connectivity index (χ2v) is 5.06. The van der Waals surface area contributed by atoms with Crippen LogP contribution in [0.4, 0.5) is 0 Å². The van der Waals surface area contributed by atoms with Gasteiger partial charge in [-0.05, 0) is 39.3 Å². The Bertz CT molecular complexity index is 366. The average Bonchev–Trinajstić information content (AvgIpc) is 2.40. The highest BCUT2D eigenvalue weighted by Crippen LogP contribution is 2.24.